The molecule has 1 fully saturated rings. The predicted octanol–water partition coefficient (Wildman–Crippen LogP) is 3.55. The largest absolute Gasteiger partial charge is 0.374 e. The molecule has 3 rings (SSSR count). The first-order valence-corrected chi connectivity index (χ1v) is 9.44. The molecule has 2 aromatic rings. The van der Waals surface area contributed by atoms with Gasteiger partial charge in [0.15, 0.2) is 0 Å². The molecule has 0 spiro atoms. The molecule has 0 bridgehead atoms. The number of ether oxygens (including phenoxy) is 1. The van der Waals surface area contributed by atoms with Crippen molar-refractivity contribution in [1.82, 2.24) is 10.2 Å². The summed E-state index contributed by atoms with van der Waals surface area (Å²) in [5.74, 6) is -0.0713. The van der Waals surface area contributed by atoms with Crippen LogP contribution >= 0.6 is 23.2 Å². The highest BCUT2D eigenvalue weighted by Crippen LogP contribution is 2.21. The smallest absolute Gasteiger partial charge is 0.224 e. The van der Waals surface area contributed by atoms with Gasteiger partial charge >= 0.3 is 0 Å². The van der Waals surface area contributed by atoms with E-state index in [4.69, 9.17) is 27.9 Å². The van der Waals surface area contributed by atoms with Gasteiger partial charge in [-0.25, -0.2) is 0 Å². The first kappa shape index (κ1) is 19.2. The van der Waals surface area contributed by atoms with Crippen LogP contribution < -0.4 is 5.32 Å². The van der Waals surface area contributed by atoms with E-state index in [2.05, 4.69) is 34.5 Å². The second kappa shape index (κ2) is 9.38. The van der Waals surface area contributed by atoms with Crippen molar-refractivity contribution in [3.05, 3.63) is 69.7 Å². The molecule has 6 heteroatoms. The molecular formula is C20H22Cl2N2O2. The lowest BCUT2D eigenvalue weighted by molar-refractivity contribution is -0.121. The van der Waals surface area contributed by atoms with E-state index in [1.165, 1.54) is 5.56 Å². The van der Waals surface area contributed by atoms with Crippen LogP contribution in [0.25, 0.3) is 0 Å². The zero-order valence-corrected chi connectivity index (χ0v) is 16.0. The molecule has 0 radical (unpaired) electrons. The molecule has 1 amide bonds. The van der Waals surface area contributed by atoms with Crippen molar-refractivity contribution >= 4 is 29.1 Å². The van der Waals surface area contributed by atoms with Gasteiger partial charge in [-0.2, -0.15) is 0 Å². The summed E-state index contributed by atoms with van der Waals surface area (Å²) in [7, 11) is 0. The van der Waals surface area contributed by atoms with Crippen molar-refractivity contribution in [2.75, 3.05) is 26.2 Å². The molecule has 1 aliphatic rings. The van der Waals surface area contributed by atoms with Gasteiger partial charge in [-0.3, -0.25) is 9.69 Å². The molecule has 26 heavy (non-hydrogen) atoms. The maximum absolute atomic E-state index is 12.2. The molecule has 0 aliphatic carbocycles. The first-order chi connectivity index (χ1) is 12.6. The fourth-order valence-corrected chi connectivity index (χ4v) is 3.49. The molecule has 138 valence electrons. The minimum Gasteiger partial charge on any atom is -0.374 e. The highest BCUT2D eigenvalue weighted by molar-refractivity contribution is 6.35. The fraction of sp³-hybridized carbons (Fsp3) is 0.350. The van der Waals surface area contributed by atoms with Crippen molar-refractivity contribution in [3.63, 3.8) is 0 Å². The van der Waals surface area contributed by atoms with Gasteiger partial charge in [0.05, 0.1) is 19.1 Å². The molecule has 0 aromatic heterocycles. The number of hydrogen-bond donors (Lipinski definition) is 1. The second-order valence-corrected chi connectivity index (χ2v) is 7.27. The van der Waals surface area contributed by atoms with Crippen molar-refractivity contribution in [2.45, 2.75) is 19.1 Å². The third kappa shape index (κ3) is 5.71. The predicted molar refractivity (Wildman–Crippen MR) is 105 cm³/mol. The Morgan fingerprint density at radius 3 is 2.77 bits per heavy atom. The van der Waals surface area contributed by atoms with Gasteiger partial charge in [-0.1, -0.05) is 59.6 Å². The molecule has 4 nitrogen and oxygen atoms in total. The topological polar surface area (TPSA) is 41.6 Å². The quantitative estimate of drug-likeness (QED) is 0.816. The van der Waals surface area contributed by atoms with Crippen LogP contribution in [0.3, 0.4) is 0 Å². The van der Waals surface area contributed by atoms with Gasteiger partial charge in [-0.15, -0.1) is 0 Å². The van der Waals surface area contributed by atoms with E-state index < -0.39 is 0 Å². The molecule has 1 atom stereocenters. The molecule has 0 saturated carbocycles. The van der Waals surface area contributed by atoms with Crippen LogP contribution in [0, 0.1) is 0 Å². The Bertz CT molecular complexity index is 740. The van der Waals surface area contributed by atoms with Gasteiger partial charge in [0, 0.05) is 36.2 Å². The highest BCUT2D eigenvalue weighted by atomic mass is 35.5. The summed E-state index contributed by atoms with van der Waals surface area (Å²) in [6.07, 6.45) is 0.230. The van der Waals surface area contributed by atoms with Crippen LogP contribution in [0.15, 0.2) is 48.5 Å². The Hall–Kier alpha value is -1.59. The monoisotopic (exact) mass is 392 g/mol. The summed E-state index contributed by atoms with van der Waals surface area (Å²) in [5, 5.41) is 4.02. The van der Waals surface area contributed by atoms with E-state index in [1.807, 2.05) is 6.07 Å². The molecule has 1 aliphatic heterocycles. The standard InChI is InChI=1S/C20H22Cl2N2O2/c21-17-7-6-16(19(22)11-17)10-20(25)23-12-18-14-24(8-9-26-18)13-15-4-2-1-3-5-15/h1-7,11,18H,8-10,12-14H2,(H,23,25). The van der Waals surface area contributed by atoms with Crippen molar-refractivity contribution < 1.29 is 9.53 Å². The van der Waals surface area contributed by atoms with Gasteiger partial charge in [-0.05, 0) is 23.3 Å². The summed E-state index contributed by atoms with van der Waals surface area (Å²) in [6, 6.07) is 15.5. The normalized spacial score (nSPS) is 17.8. The Balaban J connectivity index is 1.45. The number of carbonyl (C=O) groups excluding carboxylic acids is 1. The Labute approximate surface area is 164 Å². The van der Waals surface area contributed by atoms with E-state index in [0.717, 1.165) is 25.2 Å². The van der Waals surface area contributed by atoms with Crippen molar-refractivity contribution in [2.24, 2.45) is 0 Å². The molecule has 1 N–H and O–H groups in total. The lowest BCUT2D eigenvalue weighted by Gasteiger charge is -2.33. The van der Waals surface area contributed by atoms with Crippen LogP contribution in [-0.2, 0) is 22.5 Å². The van der Waals surface area contributed by atoms with Gasteiger partial charge in [0.2, 0.25) is 5.91 Å². The van der Waals surface area contributed by atoms with Crippen LogP contribution in [0.5, 0.6) is 0 Å². The van der Waals surface area contributed by atoms with Crippen molar-refractivity contribution in [1.29, 1.82) is 0 Å². The number of carbonyl (C=O) groups is 1. The van der Waals surface area contributed by atoms with Crippen LogP contribution in [0.2, 0.25) is 10.0 Å². The highest BCUT2D eigenvalue weighted by Gasteiger charge is 2.21. The first-order valence-electron chi connectivity index (χ1n) is 8.68. The number of morpholine rings is 1. The number of halogens is 2. The van der Waals surface area contributed by atoms with E-state index in [-0.39, 0.29) is 18.4 Å². The van der Waals surface area contributed by atoms with Gasteiger partial charge in [0.1, 0.15) is 0 Å². The Morgan fingerprint density at radius 2 is 2.00 bits per heavy atom. The summed E-state index contributed by atoms with van der Waals surface area (Å²) >= 11 is 12.0. The van der Waals surface area contributed by atoms with E-state index in [9.17, 15) is 4.79 Å². The zero-order valence-electron chi connectivity index (χ0n) is 14.5. The molecule has 1 heterocycles. The molecule has 1 unspecified atom stereocenters. The third-order valence-corrected chi connectivity index (χ3v) is 4.95. The average Bonchev–Trinajstić information content (AvgIpc) is 2.64. The average molecular weight is 393 g/mol. The third-order valence-electron chi connectivity index (χ3n) is 4.36. The van der Waals surface area contributed by atoms with Crippen LogP contribution in [-0.4, -0.2) is 43.2 Å². The number of rotatable bonds is 6. The molecule has 2 aromatic carbocycles. The summed E-state index contributed by atoms with van der Waals surface area (Å²) in [6.45, 7) is 3.78. The Kier molecular flexibility index (Phi) is 6.92. The number of amides is 1. The SMILES string of the molecule is O=C(Cc1ccc(Cl)cc1Cl)NCC1CN(Cc2ccccc2)CCO1. The second-order valence-electron chi connectivity index (χ2n) is 6.43. The van der Waals surface area contributed by atoms with Gasteiger partial charge < -0.3 is 10.1 Å². The number of benzene rings is 2. The lowest BCUT2D eigenvalue weighted by Crippen LogP contribution is -2.47. The van der Waals surface area contributed by atoms with Crippen molar-refractivity contribution in [3.8, 4) is 0 Å². The summed E-state index contributed by atoms with van der Waals surface area (Å²) < 4.78 is 5.79. The number of hydrogen-bond acceptors (Lipinski definition) is 3. The fourth-order valence-electron chi connectivity index (χ4n) is 3.02. The minimum absolute atomic E-state index is 0.00268. The zero-order chi connectivity index (χ0) is 18.4. The van der Waals surface area contributed by atoms with Crippen LogP contribution in [0.4, 0.5) is 0 Å². The molecule has 1 saturated heterocycles. The Morgan fingerprint density at radius 1 is 1.19 bits per heavy atom. The number of nitrogens with one attached hydrogen (secondary N) is 1. The van der Waals surface area contributed by atoms with E-state index >= 15 is 0 Å². The summed E-state index contributed by atoms with van der Waals surface area (Å²) in [4.78, 5) is 14.5. The maximum Gasteiger partial charge on any atom is 0.224 e. The van der Waals surface area contributed by atoms with Crippen LogP contribution in [0.1, 0.15) is 11.1 Å². The summed E-state index contributed by atoms with van der Waals surface area (Å²) in [5.41, 5.74) is 2.05. The van der Waals surface area contributed by atoms with Gasteiger partial charge in [0.25, 0.3) is 0 Å². The number of nitrogens with zero attached hydrogens (tertiary/aromatic N) is 1. The van der Waals surface area contributed by atoms with E-state index in [1.54, 1.807) is 18.2 Å². The maximum atomic E-state index is 12.2. The minimum atomic E-state index is -0.0713. The lowest BCUT2D eigenvalue weighted by atomic mass is 10.1. The van der Waals surface area contributed by atoms with E-state index in [0.29, 0.717) is 23.2 Å². The molecular weight excluding hydrogens is 371 g/mol.